The average Bonchev–Trinajstić information content (AvgIpc) is 3.41. The van der Waals surface area contributed by atoms with Gasteiger partial charge < -0.3 is 9.47 Å². The van der Waals surface area contributed by atoms with Gasteiger partial charge in [0.15, 0.2) is 0 Å². The van der Waals surface area contributed by atoms with Gasteiger partial charge in [-0.1, -0.05) is 23.7 Å². The zero-order valence-corrected chi connectivity index (χ0v) is 17.8. The van der Waals surface area contributed by atoms with Crippen LogP contribution < -0.4 is 0 Å². The molecule has 3 aromatic rings. The Morgan fingerprint density at radius 3 is 2.62 bits per heavy atom. The van der Waals surface area contributed by atoms with Crippen molar-refractivity contribution in [2.75, 3.05) is 0 Å². The molecule has 0 N–H and O–H groups in total. The topological polar surface area (TPSA) is 25.2 Å². The van der Waals surface area contributed by atoms with Crippen LogP contribution in [0.25, 0.3) is 5.00 Å². The van der Waals surface area contributed by atoms with Crippen molar-refractivity contribution in [3.8, 4) is 5.00 Å². The molecule has 3 heterocycles. The largest absolute Gasteiger partial charge is 0.325 e. The van der Waals surface area contributed by atoms with Crippen LogP contribution in [0.1, 0.15) is 59.0 Å². The summed E-state index contributed by atoms with van der Waals surface area (Å²) < 4.78 is 2.35. The summed E-state index contributed by atoms with van der Waals surface area (Å²) in [7, 11) is 0. The molecule has 0 unspecified atom stereocenters. The molecule has 0 bridgehead atoms. The maximum atomic E-state index is 13.5. The molecule has 2 aromatic heterocycles. The first-order chi connectivity index (χ1) is 14.2. The van der Waals surface area contributed by atoms with E-state index in [-0.39, 0.29) is 12.0 Å². The first kappa shape index (κ1) is 17.8. The molecular formula is C24H23ClN2OS. The van der Waals surface area contributed by atoms with Gasteiger partial charge in [-0.05, 0) is 73.9 Å². The number of aryl methyl sites for hydroxylation is 1. The van der Waals surface area contributed by atoms with Gasteiger partial charge in [-0.15, -0.1) is 11.3 Å². The van der Waals surface area contributed by atoms with E-state index < -0.39 is 0 Å². The second-order valence-corrected chi connectivity index (χ2v) is 10.0. The molecule has 3 nitrogen and oxygen atoms in total. The van der Waals surface area contributed by atoms with Gasteiger partial charge in [0.1, 0.15) is 5.00 Å². The average molecular weight is 423 g/mol. The van der Waals surface area contributed by atoms with E-state index >= 15 is 0 Å². The van der Waals surface area contributed by atoms with Gasteiger partial charge in [-0.25, -0.2) is 0 Å². The number of halogens is 1. The van der Waals surface area contributed by atoms with Crippen molar-refractivity contribution in [2.45, 2.75) is 51.1 Å². The first-order valence-electron chi connectivity index (χ1n) is 10.6. The van der Waals surface area contributed by atoms with Crippen LogP contribution in [0.3, 0.4) is 0 Å². The Morgan fingerprint density at radius 1 is 1.03 bits per heavy atom. The quantitative estimate of drug-likeness (QED) is 0.503. The molecule has 1 atom stereocenters. The number of amides is 1. The number of fused-ring (bicyclic) bond motifs is 5. The molecule has 1 fully saturated rings. The van der Waals surface area contributed by atoms with Crippen molar-refractivity contribution in [1.82, 2.24) is 9.47 Å². The number of hydrogen-bond acceptors (Lipinski definition) is 2. The highest BCUT2D eigenvalue weighted by molar-refractivity contribution is 7.15. The van der Waals surface area contributed by atoms with Gasteiger partial charge in [0.25, 0.3) is 0 Å². The number of carbonyl (C=O) groups is 1. The molecule has 0 radical (unpaired) electrons. The molecule has 0 saturated heterocycles. The SMILES string of the molecule is O=C(C1CC1)N1Cc2c(sc3c2CCCC3)-n2cccc2[C@H]1c1ccc(Cl)cc1. The lowest BCUT2D eigenvalue weighted by Gasteiger charge is -2.31. The van der Waals surface area contributed by atoms with Crippen LogP contribution in [-0.2, 0) is 24.2 Å². The Bertz CT molecular complexity index is 1090. The van der Waals surface area contributed by atoms with Crippen LogP contribution in [0.15, 0.2) is 42.6 Å². The van der Waals surface area contributed by atoms with Crippen LogP contribution in [0.5, 0.6) is 0 Å². The van der Waals surface area contributed by atoms with Gasteiger partial charge in [0.05, 0.1) is 11.7 Å². The molecule has 6 rings (SSSR count). The van der Waals surface area contributed by atoms with Gasteiger partial charge in [0.2, 0.25) is 5.91 Å². The number of carbonyl (C=O) groups excluding carboxylic acids is 1. The molecule has 1 aromatic carbocycles. The fourth-order valence-electron chi connectivity index (χ4n) is 4.96. The summed E-state index contributed by atoms with van der Waals surface area (Å²) in [6, 6.07) is 12.2. The first-order valence-corrected chi connectivity index (χ1v) is 11.8. The highest BCUT2D eigenvalue weighted by atomic mass is 35.5. The maximum Gasteiger partial charge on any atom is 0.226 e. The number of benzene rings is 1. The third-order valence-corrected chi connectivity index (χ3v) is 8.16. The summed E-state index contributed by atoms with van der Waals surface area (Å²) in [6.45, 7) is 0.714. The van der Waals surface area contributed by atoms with E-state index in [1.165, 1.54) is 46.0 Å². The van der Waals surface area contributed by atoms with E-state index in [0.29, 0.717) is 12.5 Å². The molecule has 1 aliphatic heterocycles. The highest BCUT2D eigenvalue weighted by Gasteiger charge is 2.41. The predicted molar refractivity (Wildman–Crippen MR) is 117 cm³/mol. The molecule has 3 aliphatic rings. The van der Waals surface area contributed by atoms with E-state index in [1.54, 1.807) is 0 Å². The van der Waals surface area contributed by atoms with Crippen molar-refractivity contribution in [2.24, 2.45) is 5.92 Å². The van der Waals surface area contributed by atoms with Crippen LogP contribution in [0.4, 0.5) is 0 Å². The Morgan fingerprint density at radius 2 is 1.83 bits per heavy atom. The number of hydrogen-bond donors (Lipinski definition) is 0. The Balaban J connectivity index is 1.56. The zero-order valence-electron chi connectivity index (χ0n) is 16.2. The predicted octanol–water partition coefficient (Wildman–Crippen LogP) is 5.91. The fourth-order valence-corrected chi connectivity index (χ4v) is 6.49. The summed E-state index contributed by atoms with van der Waals surface area (Å²) in [6.07, 6.45) is 9.09. The van der Waals surface area contributed by atoms with Crippen LogP contribution >= 0.6 is 22.9 Å². The molecular weight excluding hydrogens is 400 g/mol. The van der Waals surface area contributed by atoms with E-state index in [0.717, 1.165) is 29.8 Å². The monoisotopic (exact) mass is 422 g/mol. The summed E-state index contributed by atoms with van der Waals surface area (Å²) in [5, 5.41) is 2.05. The number of rotatable bonds is 2. The number of thiophene rings is 1. The third kappa shape index (κ3) is 2.88. The summed E-state index contributed by atoms with van der Waals surface area (Å²) in [5.74, 6) is 0.505. The van der Waals surface area contributed by atoms with Gasteiger partial charge in [-0.3, -0.25) is 4.79 Å². The maximum absolute atomic E-state index is 13.5. The van der Waals surface area contributed by atoms with E-state index in [2.05, 4.69) is 39.9 Å². The van der Waals surface area contributed by atoms with E-state index in [9.17, 15) is 4.79 Å². The van der Waals surface area contributed by atoms with Crippen LogP contribution in [0, 0.1) is 5.92 Å². The van der Waals surface area contributed by atoms with Crippen molar-refractivity contribution in [3.05, 3.63) is 74.9 Å². The minimum atomic E-state index is -0.0748. The summed E-state index contributed by atoms with van der Waals surface area (Å²) >= 11 is 8.11. The summed E-state index contributed by atoms with van der Waals surface area (Å²) in [5.41, 5.74) is 5.21. The lowest BCUT2D eigenvalue weighted by Crippen LogP contribution is -2.36. The van der Waals surface area contributed by atoms with Gasteiger partial charge in [0, 0.05) is 34.1 Å². The molecule has 1 amide bonds. The second kappa shape index (κ2) is 6.75. The molecule has 2 aliphatic carbocycles. The third-order valence-electron chi connectivity index (χ3n) is 6.57. The Kier molecular flexibility index (Phi) is 4.14. The standard InChI is InChI=1S/C24H23ClN2OS/c25-17-11-9-15(10-12-17)22-20-5-3-13-26(20)24-19(14-27(22)23(28)16-7-8-16)18-4-1-2-6-21(18)29-24/h3,5,9-13,16,22H,1-2,4,6-8,14H2/t22-/m1/s1. The van der Waals surface area contributed by atoms with Gasteiger partial charge >= 0.3 is 0 Å². The zero-order chi connectivity index (χ0) is 19.5. The molecule has 1 saturated carbocycles. The van der Waals surface area contributed by atoms with Crippen LogP contribution in [0.2, 0.25) is 5.02 Å². The minimum Gasteiger partial charge on any atom is -0.325 e. The number of nitrogens with zero attached hydrogens (tertiary/aromatic N) is 2. The molecule has 0 spiro atoms. The normalized spacial score (nSPS) is 20.6. The van der Waals surface area contributed by atoms with Gasteiger partial charge in [-0.2, -0.15) is 0 Å². The fraction of sp³-hybridized carbons (Fsp3) is 0.375. The van der Waals surface area contributed by atoms with E-state index in [4.69, 9.17) is 11.6 Å². The van der Waals surface area contributed by atoms with E-state index in [1.807, 2.05) is 23.5 Å². The Labute approximate surface area is 179 Å². The minimum absolute atomic E-state index is 0.0748. The smallest absolute Gasteiger partial charge is 0.226 e. The number of aromatic nitrogens is 1. The lowest BCUT2D eigenvalue weighted by molar-refractivity contribution is -0.135. The van der Waals surface area contributed by atoms with Crippen molar-refractivity contribution >= 4 is 28.8 Å². The molecule has 29 heavy (non-hydrogen) atoms. The van der Waals surface area contributed by atoms with Crippen molar-refractivity contribution < 1.29 is 4.79 Å². The van der Waals surface area contributed by atoms with Crippen molar-refractivity contribution in [3.63, 3.8) is 0 Å². The molecule has 5 heteroatoms. The summed E-state index contributed by atoms with van der Waals surface area (Å²) in [4.78, 5) is 17.2. The van der Waals surface area contributed by atoms with Crippen molar-refractivity contribution in [1.29, 1.82) is 0 Å². The Hall–Kier alpha value is -2.04. The molecule has 148 valence electrons. The van der Waals surface area contributed by atoms with Crippen LogP contribution in [-0.4, -0.2) is 15.4 Å². The lowest BCUT2D eigenvalue weighted by atomic mass is 9.95. The second-order valence-electron chi connectivity index (χ2n) is 8.49. The highest BCUT2D eigenvalue weighted by Crippen LogP contribution is 2.45.